The van der Waals surface area contributed by atoms with Gasteiger partial charge in [-0.2, -0.15) is 0 Å². The average Bonchev–Trinajstić information content (AvgIpc) is 3.11. The molecule has 1 heterocycles. The number of hydrogen-bond acceptors (Lipinski definition) is 2. The van der Waals surface area contributed by atoms with Gasteiger partial charge in [0.25, 0.3) is 0 Å². The van der Waals surface area contributed by atoms with E-state index in [9.17, 15) is 0 Å². The average molecular weight is 294 g/mol. The molecule has 4 nitrogen and oxygen atoms in total. The van der Waals surface area contributed by atoms with Crippen molar-refractivity contribution in [3.05, 3.63) is 0 Å². The number of likely N-dealkylation sites (tertiary alicyclic amines) is 1. The second-order valence-corrected chi connectivity index (χ2v) is 6.90. The summed E-state index contributed by atoms with van der Waals surface area (Å²) in [5.74, 6) is 1.69. The number of nitrogens with zero attached hydrogens (tertiary/aromatic N) is 2. The lowest BCUT2D eigenvalue weighted by Gasteiger charge is -2.30. The van der Waals surface area contributed by atoms with Gasteiger partial charge in [-0.15, -0.1) is 0 Å². The smallest absolute Gasteiger partial charge is 0.191 e. The predicted octanol–water partition coefficient (Wildman–Crippen LogP) is 2.60. The Morgan fingerprint density at radius 1 is 1.14 bits per heavy atom. The van der Waals surface area contributed by atoms with Crippen LogP contribution in [0.25, 0.3) is 0 Å². The summed E-state index contributed by atoms with van der Waals surface area (Å²) >= 11 is 0. The molecule has 1 aliphatic carbocycles. The van der Waals surface area contributed by atoms with E-state index in [0.717, 1.165) is 19.0 Å². The van der Waals surface area contributed by atoms with Crippen molar-refractivity contribution in [1.82, 2.24) is 15.5 Å². The van der Waals surface area contributed by atoms with Crippen LogP contribution in [-0.2, 0) is 0 Å². The van der Waals surface area contributed by atoms with Crippen LogP contribution >= 0.6 is 0 Å². The minimum absolute atomic E-state index is 0.589. The third-order valence-electron chi connectivity index (χ3n) is 4.86. The van der Waals surface area contributed by atoms with Crippen molar-refractivity contribution in [2.45, 2.75) is 71.4 Å². The third-order valence-corrected chi connectivity index (χ3v) is 4.86. The number of hydrogen-bond donors (Lipinski definition) is 2. The Hall–Kier alpha value is -0.770. The Morgan fingerprint density at radius 3 is 2.38 bits per heavy atom. The van der Waals surface area contributed by atoms with Gasteiger partial charge in [0.1, 0.15) is 0 Å². The molecular formula is C17H34N4. The number of guanidine groups is 1. The first-order chi connectivity index (χ1) is 10.2. The van der Waals surface area contributed by atoms with Crippen LogP contribution in [0, 0.1) is 5.92 Å². The number of nitrogens with one attached hydrogen (secondary N) is 2. The van der Waals surface area contributed by atoms with Gasteiger partial charge in [-0.1, -0.05) is 26.7 Å². The summed E-state index contributed by atoms with van der Waals surface area (Å²) in [6.45, 7) is 11.2. The number of aliphatic imine (C=N–C) groups is 1. The monoisotopic (exact) mass is 294 g/mol. The van der Waals surface area contributed by atoms with Crippen LogP contribution in [0.1, 0.15) is 59.3 Å². The van der Waals surface area contributed by atoms with Crippen LogP contribution in [0.4, 0.5) is 0 Å². The molecule has 21 heavy (non-hydrogen) atoms. The van der Waals surface area contributed by atoms with Crippen molar-refractivity contribution in [1.29, 1.82) is 0 Å². The van der Waals surface area contributed by atoms with Crippen molar-refractivity contribution < 1.29 is 0 Å². The SMILES string of the molecule is CCNC(=NCC(C(C)C)N1CCCC1)NC1CCCC1. The first kappa shape index (κ1) is 16.6. The summed E-state index contributed by atoms with van der Waals surface area (Å²) in [6.07, 6.45) is 8.02. The molecule has 1 unspecified atom stereocenters. The second kappa shape index (κ2) is 8.62. The van der Waals surface area contributed by atoms with Crippen LogP contribution in [0.15, 0.2) is 4.99 Å². The fraction of sp³-hybridized carbons (Fsp3) is 0.941. The van der Waals surface area contributed by atoms with E-state index in [0.29, 0.717) is 18.0 Å². The van der Waals surface area contributed by atoms with E-state index >= 15 is 0 Å². The Balaban J connectivity index is 1.91. The van der Waals surface area contributed by atoms with E-state index in [1.165, 1.54) is 51.6 Å². The maximum Gasteiger partial charge on any atom is 0.191 e. The Bertz CT molecular complexity index is 315. The lowest BCUT2D eigenvalue weighted by molar-refractivity contribution is 0.197. The quantitative estimate of drug-likeness (QED) is 0.584. The summed E-state index contributed by atoms with van der Waals surface area (Å²) in [5, 5.41) is 7.04. The van der Waals surface area contributed by atoms with E-state index in [1.807, 2.05) is 0 Å². The van der Waals surface area contributed by atoms with E-state index in [1.54, 1.807) is 0 Å². The Labute approximate surface area is 130 Å². The molecule has 0 aromatic heterocycles. The molecule has 2 N–H and O–H groups in total. The summed E-state index contributed by atoms with van der Waals surface area (Å²) in [7, 11) is 0. The third kappa shape index (κ3) is 5.17. The molecule has 1 saturated heterocycles. The van der Waals surface area contributed by atoms with Crippen molar-refractivity contribution >= 4 is 5.96 Å². The maximum atomic E-state index is 4.90. The summed E-state index contributed by atoms with van der Waals surface area (Å²) in [5.41, 5.74) is 0. The summed E-state index contributed by atoms with van der Waals surface area (Å²) in [4.78, 5) is 7.53. The van der Waals surface area contributed by atoms with Gasteiger partial charge in [-0.3, -0.25) is 9.89 Å². The van der Waals surface area contributed by atoms with Crippen LogP contribution in [0.3, 0.4) is 0 Å². The van der Waals surface area contributed by atoms with E-state index in [2.05, 4.69) is 36.3 Å². The molecule has 0 spiro atoms. The summed E-state index contributed by atoms with van der Waals surface area (Å²) in [6, 6.07) is 1.22. The topological polar surface area (TPSA) is 39.7 Å². The second-order valence-electron chi connectivity index (χ2n) is 6.90. The van der Waals surface area contributed by atoms with Gasteiger partial charge >= 0.3 is 0 Å². The van der Waals surface area contributed by atoms with Gasteiger partial charge in [-0.25, -0.2) is 0 Å². The van der Waals surface area contributed by atoms with Crippen molar-refractivity contribution in [2.24, 2.45) is 10.9 Å². The van der Waals surface area contributed by atoms with Crippen LogP contribution in [-0.4, -0.2) is 49.1 Å². The fourth-order valence-electron chi connectivity index (χ4n) is 3.59. The van der Waals surface area contributed by atoms with Crippen molar-refractivity contribution in [3.63, 3.8) is 0 Å². The lowest BCUT2D eigenvalue weighted by atomic mass is 10.0. The largest absolute Gasteiger partial charge is 0.357 e. The molecular weight excluding hydrogens is 260 g/mol. The molecule has 1 atom stereocenters. The molecule has 2 fully saturated rings. The molecule has 1 aliphatic heterocycles. The highest BCUT2D eigenvalue weighted by Crippen LogP contribution is 2.19. The summed E-state index contributed by atoms with van der Waals surface area (Å²) < 4.78 is 0. The standard InChI is InChI=1S/C17H34N4/c1-4-18-17(20-15-9-5-6-10-15)19-13-16(14(2)3)21-11-7-8-12-21/h14-16H,4-13H2,1-3H3,(H2,18,19,20). The fourth-order valence-corrected chi connectivity index (χ4v) is 3.59. The molecule has 4 heteroatoms. The van der Waals surface area contributed by atoms with Gasteiger partial charge in [0, 0.05) is 18.6 Å². The molecule has 0 amide bonds. The Morgan fingerprint density at radius 2 is 1.81 bits per heavy atom. The molecule has 2 aliphatic rings. The molecule has 1 saturated carbocycles. The Kier molecular flexibility index (Phi) is 6.81. The van der Waals surface area contributed by atoms with Crippen LogP contribution in [0.5, 0.6) is 0 Å². The van der Waals surface area contributed by atoms with Crippen molar-refractivity contribution in [3.8, 4) is 0 Å². The highest BCUT2D eigenvalue weighted by atomic mass is 15.2. The van der Waals surface area contributed by atoms with E-state index < -0.39 is 0 Å². The molecule has 0 aromatic carbocycles. The highest BCUT2D eigenvalue weighted by Gasteiger charge is 2.24. The zero-order valence-electron chi connectivity index (χ0n) is 14.2. The van der Waals surface area contributed by atoms with Gasteiger partial charge in [0.2, 0.25) is 0 Å². The van der Waals surface area contributed by atoms with Crippen molar-refractivity contribution in [2.75, 3.05) is 26.2 Å². The molecule has 0 bridgehead atoms. The van der Waals surface area contributed by atoms with Gasteiger partial charge < -0.3 is 10.6 Å². The lowest BCUT2D eigenvalue weighted by Crippen LogP contribution is -2.44. The number of rotatable bonds is 6. The minimum Gasteiger partial charge on any atom is -0.357 e. The zero-order chi connectivity index (χ0) is 15.1. The minimum atomic E-state index is 0.589. The van der Waals surface area contributed by atoms with Gasteiger partial charge in [-0.05, 0) is 51.6 Å². The van der Waals surface area contributed by atoms with Crippen LogP contribution < -0.4 is 10.6 Å². The van der Waals surface area contributed by atoms with E-state index in [-0.39, 0.29) is 0 Å². The van der Waals surface area contributed by atoms with E-state index in [4.69, 9.17) is 4.99 Å². The first-order valence-corrected chi connectivity index (χ1v) is 8.99. The molecule has 2 rings (SSSR count). The maximum absolute atomic E-state index is 4.90. The normalized spacial score (nSPS) is 23.0. The first-order valence-electron chi connectivity index (χ1n) is 8.99. The molecule has 0 radical (unpaired) electrons. The zero-order valence-corrected chi connectivity index (χ0v) is 14.2. The predicted molar refractivity (Wildman–Crippen MR) is 90.8 cm³/mol. The van der Waals surface area contributed by atoms with Gasteiger partial charge in [0.05, 0.1) is 6.54 Å². The van der Waals surface area contributed by atoms with Crippen LogP contribution in [0.2, 0.25) is 0 Å². The molecule has 0 aromatic rings. The van der Waals surface area contributed by atoms with Gasteiger partial charge in [0.15, 0.2) is 5.96 Å². The molecule has 122 valence electrons. The highest BCUT2D eigenvalue weighted by molar-refractivity contribution is 5.80.